The second-order valence-corrected chi connectivity index (χ2v) is 8.35. The lowest BCUT2D eigenvalue weighted by Gasteiger charge is -2.36. The number of nitrogens with two attached hydrogens (primary N) is 1. The van der Waals surface area contributed by atoms with Gasteiger partial charge in [0.2, 0.25) is 0 Å². The van der Waals surface area contributed by atoms with Gasteiger partial charge < -0.3 is 25.2 Å². The molecule has 0 atom stereocenters. The van der Waals surface area contributed by atoms with Gasteiger partial charge in [0, 0.05) is 45.5 Å². The first-order valence-electron chi connectivity index (χ1n) is 10.0. The number of amides is 1. The van der Waals surface area contributed by atoms with Gasteiger partial charge in [-0.05, 0) is 45.2 Å². The van der Waals surface area contributed by atoms with Gasteiger partial charge in [-0.3, -0.25) is 0 Å². The van der Waals surface area contributed by atoms with Gasteiger partial charge in [-0.25, -0.2) is 14.8 Å². The number of guanidine groups is 1. The van der Waals surface area contributed by atoms with Crippen molar-refractivity contribution < 1.29 is 9.53 Å². The summed E-state index contributed by atoms with van der Waals surface area (Å²) in [6.07, 6.45) is 4.09. The van der Waals surface area contributed by atoms with Crippen LogP contribution in [0.1, 0.15) is 39.2 Å². The molecule has 9 heteroatoms. The van der Waals surface area contributed by atoms with E-state index in [9.17, 15) is 4.79 Å². The van der Waals surface area contributed by atoms with Gasteiger partial charge in [0.15, 0.2) is 5.96 Å². The summed E-state index contributed by atoms with van der Waals surface area (Å²) in [7, 11) is 0. The predicted molar refractivity (Wildman–Crippen MR) is 126 cm³/mol. The minimum atomic E-state index is -0.479. The van der Waals surface area contributed by atoms with Crippen molar-refractivity contribution in [3.63, 3.8) is 0 Å². The van der Waals surface area contributed by atoms with E-state index in [1.54, 1.807) is 4.90 Å². The number of hydrogen-bond donors (Lipinski definition) is 1. The maximum absolute atomic E-state index is 12.1. The molecule has 8 nitrogen and oxygen atoms in total. The SMILES string of the molecule is CC(C)(C)OC(=O)N1CCN(C(N)=NCc2ccc(N3CCCC3)nc2)CC1.I. The highest BCUT2D eigenvalue weighted by atomic mass is 127. The second-order valence-electron chi connectivity index (χ2n) is 8.35. The van der Waals surface area contributed by atoms with Crippen LogP contribution in [-0.4, -0.2) is 71.7 Å². The Bertz CT molecular complexity index is 690. The summed E-state index contributed by atoms with van der Waals surface area (Å²) in [5, 5.41) is 0. The first-order chi connectivity index (χ1) is 13.3. The van der Waals surface area contributed by atoms with E-state index < -0.39 is 5.60 Å². The Morgan fingerprint density at radius 2 is 1.72 bits per heavy atom. The molecule has 1 aromatic rings. The standard InChI is InChI=1S/C20H32N6O2.HI/c1-20(2,3)28-19(27)26-12-10-25(11-13-26)18(21)23-15-16-6-7-17(22-14-16)24-8-4-5-9-24;/h6-7,14H,4-5,8-13,15H2,1-3H3,(H2,21,23);1H. The van der Waals surface area contributed by atoms with Gasteiger partial charge in [0.05, 0.1) is 6.54 Å². The van der Waals surface area contributed by atoms with Crippen LogP contribution in [-0.2, 0) is 11.3 Å². The minimum absolute atomic E-state index is 0. The number of halogens is 1. The summed E-state index contributed by atoms with van der Waals surface area (Å²) in [6.45, 7) is 10.8. The van der Waals surface area contributed by atoms with E-state index in [-0.39, 0.29) is 30.1 Å². The Labute approximate surface area is 190 Å². The van der Waals surface area contributed by atoms with Crippen LogP contribution in [0.4, 0.5) is 10.6 Å². The van der Waals surface area contributed by atoms with E-state index in [1.165, 1.54) is 12.8 Å². The first-order valence-corrected chi connectivity index (χ1v) is 10.0. The molecule has 0 saturated carbocycles. The molecule has 3 rings (SSSR count). The molecular formula is C20H33IN6O2. The monoisotopic (exact) mass is 516 g/mol. The Balaban J connectivity index is 0.00000300. The first kappa shape index (κ1) is 23.5. The number of carbonyl (C=O) groups is 1. The largest absolute Gasteiger partial charge is 0.444 e. The second kappa shape index (κ2) is 10.3. The third-order valence-corrected chi connectivity index (χ3v) is 4.92. The van der Waals surface area contributed by atoms with Crippen LogP contribution in [0.2, 0.25) is 0 Å². The smallest absolute Gasteiger partial charge is 0.410 e. The molecule has 2 aliphatic rings. The molecule has 1 aromatic heterocycles. The number of piperazine rings is 1. The Hall–Kier alpha value is -1.78. The van der Waals surface area contributed by atoms with Crippen molar-refractivity contribution in [2.75, 3.05) is 44.2 Å². The van der Waals surface area contributed by atoms with E-state index in [1.807, 2.05) is 31.9 Å². The number of aliphatic imine (C=N–C) groups is 1. The summed E-state index contributed by atoms with van der Waals surface area (Å²) in [5.74, 6) is 1.55. The lowest BCUT2D eigenvalue weighted by molar-refractivity contribution is 0.0186. The van der Waals surface area contributed by atoms with E-state index >= 15 is 0 Å². The molecule has 0 radical (unpaired) electrons. The molecule has 29 heavy (non-hydrogen) atoms. The molecule has 0 unspecified atom stereocenters. The average Bonchev–Trinajstić information content (AvgIpc) is 3.20. The maximum Gasteiger partial charge on any atom is 0.410 e. The zero-order valence-corrected chi connectivity index (χ0v) is 20.0. The molecule has 2 N–H and O–H groups in total. The Morgan fingerprint density at radius 1 is 1.10 bits per heavy atom. The van der Waals surface area contributed by atoms with Gasteiger partial charge in [0.25, 0.3) is 0 Å². The van der Waals surface area contributed by atoms with Crippen LogP contribution in [0, 0.1) is 0 Å². The van der Waals surface area contributed by atoms with Crippen molar-refractivity contribution in [1.82, 2.24) is 14.8 Å². The fourth-order valence-corrected chi connectivity index (χ4v) is 3.36. The minimum Gasteiger partial charge on any atom is -0.444 e. The molecule has 0 aliphatic carbocycles. The lowest BCUT2D eigenvalue weighted by atomic mass is 10.2. The Kier molecular flexibility index (Phi) is 8.35. The maximum atomic E-state index is 12.1. The molecule has 0 bridgehead atoms. The number of pyridine rings is 1. The van der Waals surface area contributed by atoms with Crippen LogP contribution in [0.5, 0.6) is 0 Å². The normalized spacial score (nSPS) is 17.9. The molecule has 0 spiro atoms. The van der Waals surface area contributed by atoms with Gasteiger partial charge in [-0.15, -0.1) is 24.0 Å². The summed E-state index contributed by atoms with van der Waals surface area (Å²) in [5.41, 5.74) is 6.72. The fraction of sp³-hybridized carbons (Fsp3) is 0.650. The van der Waals surface area contributed by atoms with Crippen molar-refractivity contribution >= 4 is 41.8 Å². The summed E-state index contributed by atoms with van der Waals surface area (Å²) >= 11 is 0. The predicted octanol–water partition coefficient (Wildman–Crippen LogP) is 2.67. The third-order valence-electron chi connectivity index (χ3n) is 4.92. The number of aromatic nitrogens is 1. The van der Waals surface area contributed by atoms with Crippen LogP contribution in [0.15, 0.2) is 23.3 Å². The highest BCUT2D eigenvalue weighted by Gasteiger charge is 2.26. The molecule has 3 heterocycles. The van der Waals surface area contributed by atoms with E-state index in [0.29, 0.717) is 38.7 Å². The summed E-state index contributed by atoms with van der Waals surface area (Å²) < 4.78 is 5.42. The molecule has 2 fully saturated rings. The number of ether oxygens (including phenoxy) is 1. The molecule has 0 aromatic carbocycles. The number of rotatable bonds is 3. The van der Waals surface area contributed by atoms with Gasteiger partial charge in [-0.1, -0.05) is 6.07 Å². The van der Waals surface area contributed by atoms with E-state index in [4.69, 9.17) is 10.5 Å². The zero-order valence-electron chi connectivity index (χ0n) is 17.6. The van der Waals surface area contributed by atoms with Gasteiger partial charge in [-0.2, -0.15) is 0 Å². The van der Waals surface area contributed by atoms with Gasteiger partial charge >= 0.3 is 6.09 Å². The van der Waals surface area contributed by atoms with Crippen LogP contribution in [0.25, 0.3) is 0 Å². The average molecular weight is 516 g/mol. The number of carbonyl (C=O) groups excluding carboxylic acids is 1. The van der Waals surface area contributed by atoms with Gasteiger partial charge in [0.1, 0.15) is 11.4 Å². The summed E-state index contributed by atoms with van der Waals surface area (Å²) in [4.78, 5) is 27.2. The molecule has 2 aliphatic heterocycles. The van der Waals surface area contributed by atoms with Crippen LogP contribution < -0.4 is 10.6 Å². The molecule has 1 amide bonds. The topological polar surface area (TPSA) is 87.3 Å². The highest BCUT2D eigenvalue weighted by molar-refractivity contribution is 14.0. The fourth-order valence-electron chi connectivity index (χ4n) is 3.36. The summed E-state index contributed by atoms with van der Waals surface area (Å²) in [6, 6.07) is 4.13. The van der Waals surface area contributed by atoms with Crippen LogP contribution in [0.3, 0.4) is 0 Å². The van der Waals surface area contributed by atoms with Crippen LogP contribution >= 0.6 is 24.0 Å². The lowest BCUT2D eigenvalue weighted by Crippen LogP contribution is -2.53. The number of nitrogens with zero attached hydrogens (tertiary/aromatic N) is 5. The van der Waals surface area contributed by atoms with Crippen molar-refractivity contribution in [2.45, 2.75) is 45.8 Å². The number of hydrogen-bond acceptors (Lipinski definition) is 5. The highest BCUT2D eigenvalue weighted by Crippen LogP contribution is 2.18. The van der Waals surface area contributed by atoms with E-state index in [0.717, 1.165) is 24.5 Å². The molecule has 162 valence electrons. The zero-order chi connectivity index (χ0) is 20.1. The quantitative estimate of drug-likeness (QED) is 0.378. The number of anilines is 1. The third kappa shape index (κ3) is 6.90. The Morgan fingerprint density at radius 3 is 2.28 bits per heavy atom. The van der Waals surface area contributed by atoms with Crippen molar-refractivity contribution in [3.05, 3.63) is 23.9 Å². The van der Waals surface area contributed by atoms with Crippen molar-refractivity contribution in [1.29, 1.82) is 0 Å². The van der Waals surface area contributed by atoms with Crippen molar-refractivity contribution in [2.24, 2.45) is 10.7 Å². The van der Waals surface area contributed by atoms with E-state index in [2.05, 4.69) is 27.0 Å². The van der Waals surface area contributed by atoms with Crippen molar-refractivity contribution in [3.8, 4) is 0 Å². The molecular weight excluding hydrogens is 483 g/mol. The molecule has 2 saturated heterocycles.